The van der Waals surface area contributed by atoms with Crippen LogP contribution < -0.4 is 19.1 Å². The first-order chi connectivity index (χ1) is 15.9. The van der Waals surface area contributed by atoms with E-state index in [2.05, 4.69) is 20.0 Å². The van der Waals surface area contributed by atoms with Crippen LogP contribution in [0.25, 0.3) is 11.3 Å². The van der Waals surface area contributed by atoms with Gasteiger partial charge in [0.05, 0.1) is 27.0 Å². The largest absolute Gasteiger partial charge is 0.497 e. The summed E-state index contributed by atoms with van der Waals surface area (Å²) < 4.78 is 17.7. The van der Waals surface area contributed by atoms with Crippen molar-refractivity contribution in [2.75, 3.05) is 52.4 Å². The van der Waals surface area contributed by atoms with Crippen molar-refractivity contribution < 1.29 is 19.0 Å². The number of methoxy groups -OCH3 is 3. The molecule has 1 aliphatic rings. The molecule has 174 valence electrons. The average Bonchev–Trinajstić information content (AvgIpc) is 3.24. The highest BCUT2D eigenvalue weighted by Gasteiger charge is 2.26. The van der Waals surface area contributed by atoms with Crippen LogP contribution in [0.4, 0.5) is 5.82 Å². The predicted octanol–water partition coefficient (Wildman–Crippen LogP) is 2.17. The normalized spacial score (nSPS) is 13.7. The second kappa shape index (κ2) is 9.35. The lowest BCUT2D eigenvalue weighted by molar-refractivity contribution is 0.0735. The summed E-state index contributed by atoms with van der Waals surface area (Å²) in [4.78, 5) is 26.0. The molecule has 1 fully saturated rings. The zero-order chi connectivity index (χ0) is 23.5. The van der Waals surface area contributed by atoms with E-state index in [1.807, 2.05) is 36.1 Å². The fourth-order valence-electron chi connectivity index (χ4n) is 3.91. The number of carbonyl (C=O) groups is 1. The van der Waals surface area contributed by atoms with Gasteiger partial charge in [-0.15, -0.1) is 0 Å². The number of benzene rings is 1. The lowest BCUT2D eigenvalue weighted by Crippen LogP contribution is -2.49. The first kappa shape index (κ1) is 22.4. The molecule has 33 heavy (non-hydrogen) atoms. The Hall–Kier alpha value is -3.82. The number of aromatic nitrogens is 4. The number of hydrogen-bond acceptors (Lipinski definition) is 8. The summed E-state index contributed by atoms with van der Waals surface area (Å²) in [6.07, 6.45) is 0. The maximum Gasteiger partial charge on any atom is 0.272 e. The summed E-state index contributed by atoms with van der Waals surface area (Å²) in [6.45, 7) is 4.32. The van der Waals surface area contributed by atoms with Crippen molar-refractivity contribution in [2.24, 2.45) is 7.05 Å². The molecule has 0 saturated carbocycles. The molecule has 0 radical (unpaired) electrons. The number of carbonyl (C=O) groups excluding carboxylic acids is 1. The topological polar surface area (TPSA) is 94.8 Å². The van der Waals surface area contributed by atoms with Gasteiger partial charge in [0.2, 0.25) is 5.88 Å². The second-order valence-electron chi connectivity index (χ2n) is 7.70. The van der Waals surface area contributed by atoms with Crippen LogP contribution in [-0.4, -0.2) is 78.1 Å². The quantitative estimate of drug-likeness (QED) is 0.562. The monoisotopic (exact) mass is 452 g/mol. The smallest absolute Gasteiger partial charge is 0.272 e. The number of aryl methyl sites for hydroxylation is 2. The number of anilines is 1. The molecule has 0 atom stereocenters. The van der Waals surface area contributed by atoms with Crippen LogP contribution in [0.2, 0.25) is 0 Å². The van der Waals surface area contributed by atoms with Crippen molar-refractivity contribution >= 4 is 11.7 Å². The van der Waals surface area contributed by atoms with Gasteiger partial charge >= 0.3 is 0 Å². The van der Waals surface area contributed by atoms with Gasteiger partial charge < -0.3 is 24.0 Å². The summed E-state index contributed by atoms with van der Waals surface area (Å²) in [5, 5.41) is 4.56. The van der Waals surface area contributed by atoms with E-state index < -0.39 is 0 Å². The van der Waals surface area contributed by atoms with Crippen molar-refractivity contribution in [2.45, 2.75) is 6.92 Å². The van der Waals surface area contributed by atoms with E-state index in [9.17, 15) is 4.79 Å². The molecular formula is C23H28N6O4. The van der Waals surface area contributed by atoms with Gasteiger partial charge in [-0.3, -0.25) is 9.48 Å². The average molecular weight is 453 g/mol. The lowest BCUT2D eigenvalue weighted by atomic mass is 10.1. The van der Waals surface area contributed by atoms with Crippen molar-refractivity contribution in [1.82, 2.24) is 24.6 Å². The number of hydrogen-bond donors (Lipinski definition) is 0. The Morgan fingerprint density at radius 3 is 2.36 bits per heavy atom. The van der Waals surface area contributed by atoms with E-state index >= 15 is 0 Å². The molecule has 2 aromatic heterocycles. The van der Waals surface area contributed by atoms with Crippen LogP contribution in [0.1, 0.15) is 16.3 Å². The van der Waals surface area contributed by atoms with Crippen LogP contribution in [0.5, 0.6) is 17.4 Å². The second-order valence-corrected chi connectivity index (χ2v) is 7.70. The molecule has 1 amide bonds. The van der Waals surface area contributed by atoms with E-state index in [1.165, 1.54) is 0 Å². The van der Waals surface area contributed by atoms with Crippen molar-refractivity contribution in [1.29, 1.82) is 0 Å². The van der Waals surface area contributed by atoms with E-state index in [-0.39, 0.29) is 5.91 Å². The van der Waals surface area contributed by atoms with E-state index in [0.29, 0.717) is 60.8 Å². The molecule has 1 saturated heterocycles. The Balaban J connectivity index is 1.50. The van der Waals surface area contributed by atoms with Gasteiger partial charge in [-0.05, 0) is 31.2 Å². The van der Waals surface area contributed by atoms with Gasteiger partial charge in [0.15, 0.2) is 0 Å². The molecule has 3 aromatic rings. The van der Waals surface area contributed by atoms with E-state index in [0.717, 1.165) is 11.4 Å². The fraction of sp³-hybridized carbons (Fsp3) is 0.391. The summed E-state index contributed by atoms with van der Waals surface area (Å²) in [5.74, 6) is 3.28. The lowest BCUT2D eigenvalue weighted by Gasteiger charge is -2.35. The molecule has 10 heteroatoms. The molecule has 4 rings (SSSR count). The molecule has 1 aliphatic heterocycles. The van der Waals surface area contributed by atoms with Gasteiger partial charge in [-0.1, -0.05) is 0 Å². The highest BCUT2D eigenvalue weighted by molar-refractivity contribution is 5.94. The summed E-state index contributed by atoms with van der Waals surface area (Å²) >= 11 is 0. The predicted molar refractivity (Wildman–Crippen MR) is 123 cm³/mol. The zero-order valence-corrected chi connectivity index (χ0v) is 19.5. The van der Waals surface area contributed by atoms with Crippen LogP contribution in [0.3, 0.4) is 0 Å². The van der Waals surface area contributed by atoms with Crippen LogP contribution in [0.15, 0.2) is 30.3 Å². The highest BCUT2D eigenvalue weighted by Crippen LogP contribution is 2.33. The number of amides is 1. The molecule has 0 spiro atoms. The summed E-state index contributed by atoms with van der Waals surface area (Å²) in [5.41, 5.74) is 1.94. The van der Waals surface area contributed by atoms with E-state index in [1.54, 1.807) is 39.1 Å². The Morgan fingerprint density at radius 2 is 1.70 bits per heavy atom. The van der Waals surface area contributed by atoms with Crippen LogP contribution in [0, 0.1) is 6.92 Å². The minimum absolute atomic E-state index is 0.0609. The first-order valence-corrected chi connectivity index (χ1v) is 10.6. The SMILES string of the molecule is COc1ccc(OC)c(-c2cc(C(=O)N3CCN(c4cc(OC)nc(C)n4)CC3)n(C)n2)c1. The molecule has 10 nitrogen and oxygen atoms in total. The van der Waals surface area contributed by atoms with Gasteiger partial charge in [0, 0.05) is 44.9 Å². The maximum atomic E-state index is 13.3. The molecule has 1 aromatic carbocycles. The third kappa shape index (κ3) is 4.55. The molecule has 3 heterocycles. The number of nitrogens with zero attached hydrogens (tertiary/aromatic N) is 6. The van der Waals surface area contributed by atoms with Crippen molar-refractivity contribution in [3.05, 3.63) is 41.9 Å². The Labute approximate surface area is 192 Å². The van der Waals surface area contributed by atoms with Gasteiger partial charge in [0.1, 0.15) is 28.8 Å². The molecule has 0 unspecified atom stereocenters. The third-order valence-electron chi connectivity index (χ3n) is 5.68. The maximum absolute atomic E-state index is 13.3. The van der Waals surface area contributed by atoms with Crippen LogP contribution >= 0.6 is 0 Å². The number of rotatable bonds is 6. The van der Waals surface area contributed by atoms with Gasteiger partial charge in [0.25, 0.3) is 5.91 Å². The van der Waals surface area contributed by atoms with Crippen LogP contribution in [-0.2, 0) is 7.05 Å². The summed E-state index contributed by atoms with van der Waals surface area (Å²) in [6, 6.07) is 9.12. The van der Waals surface area contributed by atoms with E-state index in [4.69, 9.17) is 14.2 Å². The van der Waals surface area contributed by atoms with Crippen molar-refractivity contribution in [3.8, 4) is 28.6 Å². The summed E-state index contributed by atoms with van der Waals surface area (Å²) in [7, 11) is 6.58. The highest BCUT2D eigenvalue weighted by atomic mass is 16.5. The molecule has 0 N–H and O–H groups in total. The Morgan fingerprint density at radius 1 is 0.939 bits per heavy atom. The minimum Gasteiger partial charge on any atom is -0.497 e. The first-order valence-electron chi connectivity index (χ1n) is 10.6. The van der Waals surface area contributed by atoms with Gasteiger partial charge in [-0.25, -0.2) is 4.98 Å². The molecule has 0 aliphatic carbocycles. The van der Waals surface area contributed by atoms with Crippen molar-refractivity contribution in [3.63, 3.8) is 0 Å². The zero-order valence-electron chi connectivity index (χ0n) is 19.5. The van der Waals surface area contributed by atoms with Gasteiger partial charge in [-0.2, -0.15) is 10.1 Å². The fourth-order valence-corrected chi connectivity index (χ4v) is 3.91. The Kier molecular flexibility index (Phi) is 6.34. The Bertz CT molecular complexity index is 1150. The minimum atomic E-state index is -0.0609. The molecule has 0 bridgehead atoms. The standard InChI is InChI=1S/C23H28N6O4/c1-15-24-21(14-22(25-15)33-5)28-8-10-29(11-9-28)23(30)19-13-18(26-27(19)2)17-12-16(31-3)6-7-20(17)32-4/h6-7,12-14H,8-11H2,1-5H3. The third-order valence-corrected chi connectivity index (χ3v) is 5.68. The molecular weight excluding hydrogens is 424 g/mol. The number of piperazine rings is 1. The number of ether oxygens (including phenoxy) is 3.